The SMILES string of the molecule is [2H]c1c([2H])c([2H])c(-c2c([2H])c([2H])c3c4c([2H])c([2H])c([2H])c([2H])c4n(-c4cc(-c5ccccc5)ccc4-c4nc(-c5ccccc5)nc(-c5ccccc5)n4)c3c2[2H])c([2H])c1[2H]. The lowest BCUT2D eigenvalue weighted by atomic mass is 10.0. The third-order valence-electron chi connectivity index (χ3n) is 8.19. The number of fused-ring (bicyclic) bond motifs is 3. The molecular weight excluding hydrogens is 597 g/mol. The minimum atomic E-state index is -0.697. The Labute approximate surface area is 301 Å². The van der Waals surface area contributed by atoms with Gasteiger partial charge < -0.3 is 4.57 Å². The Bertz CT molecular complexity index is 3180. The van der Waals surface area contributed by atoms with Gasteiger partial charge in [-0.1, -0.05) is 157 Å². The van der Waals surface area contributed by atoms with Crippen molar-refractivity contribution < 1.29 is 16.4 Å². The van der Waals surface area contributed by atoms with E-state index in [4.69, 9.17) is 25.9 Å². The monoisotopic (exact) mass is 638 g/mol. The van der Waals surface area contributed by atoms with Crippen LogP contribution in [-0.4, -0.2) is 19.5 Å². The van der Waals surface area contributed by atoms with Gasteiger partial charge in [0.1, 0.15) is 0 Å². The molecule has 0 fully saturated rings. The fourth-order valence-electron chi connectivity index (χ4n) is 5.90. The highest BCUT2D eigenvalue weighted by Gasteiger charge is 2.20. The van der Waals surface area contributed by atoms with Gasteiger partial charge in [0, 0.05) is 27.5 Å². The zero-order chi connectivity index (χ0) is 43.0. The van der Waals surface area contributed by atoms with Crippen LogP contribution in [0.2, 0.25) is 0 Å². The average Bonchev–Trinajstić information content (AvgIpc) is 3.66. The lowest BCUT2D eigenvalue weighted by Crippen LogP contribution is -2.04. The molecule has 0 radical (unpaired) electrons. The molecule has 0 saturated carbocycles. The van der Waals surface area contributed by atoms with E-state index in [1.165, 1.54) is 4.57 Å². The number of benzene rings is 7. The van der Waals surface area contributed by atoms with Crippen LogP contribution in [0.3, 0.4) is 0 Å². The molecule has 2 aromatic heterocycles. The third-order valence-corrected chi connectivity index (χ3v) is 8.19. The molecule has 0 N–H and O–H groups in total. The lowest BCUT2D eigenvalue weighted by Gasteiger charge is -2.17. The lowest BCUT2D eigenvalue weighted by molar-refractivity contribution is 1.06. The van der Waals surface area contributed by atoms with Gasteiger partial charge in [-0.3, -0.25) is 0 Å². The maximum absolute atomic E-state index is 9.84. The first kappa shape index (κ1) is 18.6. The second kappa shape index (κ2) is 12.2. The highest BCUT2D eigenvalue weighted by atomic mass is 15.1. The molecule has 4 nitrogen and oxygen atoms in total. The molecule has 49 heavy (non-hydrogen) atoms. The summed E-state index contributed by atoms with van der Waals surface area (Å²) in [7, 11) is 0. The summed E-state index contributed by atoms with van der Waals surface area (Å²) in [6.45, 7) is 0. The Morgan fingerprint density at radius 1 is 0.408 bits per heavy atom. The summed E-state index contributed by atoms with van der Waals surface area (Å²) < 4.78 is 109. The van der Waals surface area contributed by atoms with Gasteiger partial charge in [-0.2, -0.15) is 0 Å². The second-order valence-electron chi connectivity index (χ2n) is 11.2. The molecule has 0 unspecified atom stereocenters. The molecule has 9 rings (SSSR count). The van der Waals surface area contributed by atoms with E-state index in [9.17, 15) is 5.48 Å². The van der Waals surface area contributed by atoms with E-state index >= 15 is 0 Å². The van der Waals surface area contributed by atoms with E-state index in [0.717, 1.165) is 5.56 Å². The first-order valence-corrected chi connectivity index (χ1v) is 15.5. The van der Waals surface area contributed by atoms with Crippen molar-refractivity contribution in [2.75, 3.05) is 0 Å². The van der Waals surface area contributed by atoms with Crippen molar-refractivity contribution in [3.05, 3.63) is 182 Å². The first-order chi connectivity index (χ1) is 29.3. The van der Waals surface area contributed by atoms with Crippen LogP contribution in [0.5, 0.6) is 0 Å². The van der Waals surface area contributed by atoms with Crippen LogP contribution < -0.4 is 0 Å². The largest absolute Gasteiger partial charge is 0.308 e. The molecule has 0 amide bonds. The molecular formula is C45H30N4. The maximum atomic E-state index is 9.84. The van der Waals surface area contributed by atoms with Crippen LogP contribution in [0.4, 0.5) is 0 Å². The number of rotatable bonds is 6. The van der Waals surface area contributed by atoms with Crippen molar-refractivity contribution in [1.82, 2.24) is 19.5 Å². The molecule has 0 saturated heterocycles. The molecule has 4 heteroatoms. The van der Waals surface area contributed by atoms with E-state index < -0.39 is 83.6 Å². The summed E-state index contributed by atoms with van der Waals surface area (Å²) >= 11 is 0. The van der Waals surface area contributed by atoms with Crippen LogP contribution in [0.25, 0.3) is 83.9 Å². The predicted octanol–water partition coefficient (Wildman–Crippen LogP) is 11.3. The van der Waals surface area contributed by atoms with Gasteiger partial charge in [0.25, 0.3) is 0 Å². The smallest absolute Gasteiger partial charge is 0.166 e. The number of nitrogens with zero attached hydrogens (tertiary/aromatic N) is 4. The third kappa shape index (κ3) is 5.26. The Morgan fingerprint density at radius 2 is 0.980 bits per heavy atom. The summed E-state index contributed by atoms with van der Waals surface area (Å²) in [6.07, 6.45) is 0. The highest BCUT2D eigenvalue weighted by molar-refractivity contribution is 6.10. The maximum Gasteiger partial charge on any atom is 0.166 e. The number of hydrogen-bond acceptors (Lipinski definition) is 3. The molecule has 2 heterocycles. The summed E-state index contributed by atoms with van der Waals surface area (Å²) in [5.74, 6) is 0.839. The van der Waals surface area contributed by atoms with Gasteiger partial charge in [-0.25, -0.2) is 15.0 Å². The van der Waals surface area contributed by atoms with Crippen molar-refractivity contribution in [1.29, 1.82) is 0 Å². The molecule has 9 aromatic rings. The van der Waals surface area contributed by atoms with Gasteiger partial charge in [-0.05, 0) is 46.5 Å². The fourth-order valence-corrected chi connectivity index (χ4v) is 5.90. The topological polar surface area (TPSA) is 43.6 Å². The normalized spacial score (nSPS) is 14.7. The quantitative estimate of drug-likeness (QED) is 0.182. The van der Waals surface area contributed by atoms with Crippen molar-refractivity contribution in [3.63, 3.8) is 0 Å². The van der Waals surface area contributed by atoms with Gasteiger partial charge in [-0.15, -0.1) is 0 Å². The number of para-hydroxylation sites is 1. The van der Waals surface area contributed by atoms with Crippen molar-refractivity contribution in [2.45, 2.75) is 0 Å². The Kier molecular flexibility index (Phi) is 4.63. The number of hydrogen-bond donors (Lipinski definition) is 0. The van der Waals surface area contributed by atoms with E-state index in [1.54, 1.807) is 12.1 Å². The number of aromatic nitrogens is 4. The highest BCUT2D eigenvalue weighted by Crippen LogP contribution is 2.39. The van der Waals surface area contributed by atoms with Crippen molar-refractivity contribution in [2.24, 2.45) is 0 Å². The molecule has 0 atom stereocenters. The predicted molar refractivity (Wildman–Crippen MR) is 201 cm³/mol. The molecule has 7 aromatic carbocycles. The van der Waals surface area contributed by atoms with Crippen LogP contribution in [0.15, 0.2) is 182 Å². The molecule has 0 spiro atoms. The minimum Gasteiger partial charge on any atom is -0.308 e. The fraction of sp³-hybridized carbons (Fsp3) is 0. The molecule has 230 valence electrons. The van der Waals surface area contributed by atoms with E-state index in [-0.39, 0.29) is 33.3 Å². The van der Waals surface area contributed by atoms with Gasteiger partial charge in [0.05, 0.1) is 33.2 Å². The summed E-state index contributed by atoms with van der Waals surface area (Å²) in [5.41, 5.74) is 2.22. The first-order valence-electron chi connectivity index (χ1n) is 21.5. The summed E-state index contributed by atoms with van der Waals surface area (Å²) in [5, 5.41) is -0.294. The minimum absolute atomic E-state index is 0.118. The molecule has 0 aliphatic rings. The summed E-state index contributed by atoms with van der Waals surface area (Å²) in [6, 6.07) is 26.0. The average molecular weight is 639 g/mol. The molecule has 0 aliphatic heterocycles. The Morgan fingerprint density at radius 3 is 1.65 bits per heavy atom. The molecule has 0 aliphatic carbocycles. The van der Waals surface area contributed by atoms with Crippen LogP contribution in [-0.2, 0) is 0 Å². The van der Waals surface area contributed by atoms with Gasteiger partial charge in [0.15, 0.2) is 17.5 Å². The van der Waals surface area contributed by atoms with Crippen LogP contribution in [0, 0.1) is 0 Å². The van der Waals surface area contributed by atoms with E-state index in [1.807, 2.05) is 97.1 Å². The Hall–Kier alpha value is -6.65. The van der Waals surface area contributed by atoms with Gasteiger partial charge >= 0.3 is 0 Å². The molecule has 0 bridgehead atoms. The van der Waals surface area contributed by atoms with Crippen molar-refractivity contribution in [3.8, 4) is 62.1 Å². The Balaban J connectivity index is 1.50. The zero-order valence-electron chi connectivity index (χ0n) is 37.7. The standard InChI is InChI=1S/C45H30N4/c1-5-15-31(16-6-1)35-25-27-38-37-23-13-14-24-40(37)49(41(38)29-35)42-30-36(32-17-7-2-8-18-32)26-28-39(42)45-47-43(33-19-9-3-10-20-33)46-44(48-45)34-21-11-4-12-22-34/h1-30H/i1D,5D,6D,13D,14D,15D,16D,23D,24D,25D,27D,29D. The van der Waals surface area contributed by atoms with E-state index in [0.29, 0.717) is 33.9 Å². The van der Waals surface area contributed by atoms with Gasteiger partial charge in [0.2, 0.25) is 0 Å². The summed E-state index contributed by atoms with van der Waals surface area (Å²) in [4.78, 5) is 14.8. The second-order valence-corrected chi connectivity index (χ2v) is 11.2. The van der Waals surface area contributed by atoms with Crippen LogP contribution in [0.1, 0.15) is 16.4 Å². The van der Waals surface area contributed by atoms with Crippen molar-refractivity contribution >= 4 is 21.8 Å². The van der Waals surface area contributed by atoms with E-state index in [2.05, 4.69) is 0 Å². The van der Waals surface area contributed by atoms with Crippen LogP contribution >= 0.6 is 0 Å². The zero-order valence-corrected chi connectivity index (χ0v) is 25.7.